The quantitative estimate of drug-likeness (QED) is 0.671. The zero-order valence-corrected chi connectivity index (χ0v) is 13.4. The van der Waals surface area contributed by atoms with Gasteiger partial charge in [0, 0.05) is 16.2 Å². The largest absolute Gasteiger partial charge is 0.478 e. The Morgan fingerprint density at radius 2 is 1.87 bits per heavy atom. The standard InChI is InChI=1S/C15H10Cl2N4O2/c1-8-14(20-19-12-5-10(16)4-11(17)6-12)21-7-9(15(22)23)2-3-13(21)18-8/h2-7H,1H3,(H,22,23). The zero-order valence-electron chi connectivity index (χ0n) is 11.9. The number of carbonyl (C=O) groups is 1. The number of benzene rings is 1. The fourth-order valence-corrected chi connectivity index (χ4v) is 2.61. The molecule has 1 N–H and O–H groups in total. The molecule has 0 aliphatic rings. The van der Waals surface area contributed by atoms with Crippen LogP contribution in [-0.2, 0) is 0 Å². The lowest BCUT2D eigenvalue weighted by atomic mass is 10.3. The summed E-state index contributed by atoms with van der Waals surface area (Å²) in [5, 5.41) is 18.3. The van der Waals surface area contributed by atoms with Gasteiger partial charge in [-0.05, 0) is 37.3 Å². The number of fused-ring (bicyclic) bond motifs is 1. The summed E-state index contributed by atoms with van der Waals surface area (Å²) < 4.78 is 1.58. The molecule has 1 aromatic carbocycles. The van der Waals surface area contributed by atoms with E-state index in [-0.39, 0.29) is 5.56 Å². The molecule has 0 aliphatic carbocycles. The second kappa shape index (κ2) is 5.98. The highest BCUT2D eigenvalue weighted by atomic mass is 35.5. The van der Waals surface area contributed by atoms with Gasteiger partial charge in [-0.2, -0.15) is 0 Å². The molecule has 3 rings (SSSR count). The molecule has 0 aliphatic heterocycles. The third-order valence-corrected chi connectivity index (χ3v) is 3.55. The van der Waals surface area contributed by atoms with Crippen molar-refractivity contribution < 1.29 is 9.90 Å². The van der Waals surface area contributed by atoms with Crippen LogP contribution in [0.15, 0.2) is 46.8 Å². The minimum Gasteiger partial charge on any atom is -0.478 e. The Morgan fingerprint density at radius 1 is 1.17 bits per heavy atom. The SMILES string of the molecule is Cc1nc2ccc(C(=O)O)cn2c1N=Nc1cc(Cl)cc(Cl)c1. The number of carboxylic acids is 1. The van der Waals surface area contributed by atoms with E-state index in [1.165, 1.54) is 12.3 Å². The Balaban J connectivity index is 2.08. The van der Waals surface area contributed by atoms with E-state index in [4.69, 9.17) is 28.3 Å². The van der Waals surface area contributed by atoms with Crippen molar-refractivity contribution in [2.24, 2.45) is 10.2 Å². The molecule has 0 spiro atoms. The van der Waals surface area contributed by atoms with Gasteiger partial charge in [0.15, 0.2) is 5.82 Å². The van der Waals surface area contributed by atoms with Crippen LogP contribution in [0.4, 0.5) is 11.5 Å². The van der Waals surface area contributed by atoms with Crippen molar-refractivity contribution in [1.29, 1.82) is 0 Å². The van der Waals surface area contributed by atoms with Gasteiger partial charge in [0.1, 0.15) is 5.65 Å². The molecule has 8 heteroatoms. The Hall–Kier alpha value is -2.44. The molecule has 2 heterocycles. The van der Waals surface area contributed by atoms with Crippen molar-refractivity contribution in [2.75, 3.05) is 0 Å². The monoisotopic (exact) mass is 348 g/mol. The Morgan fingerprint density at radius 3 is 2.52 bits per heavy atom. The number of aromatic nitrogens is 2. The van der Waals surface area contributed by atoms with Crippen molar-refractivity contribution in [3.63, 3.8) is 0 Å². The van der Waals surface area contributed by atoms with Crippen LogP contribution in [0.1, 0.15) is 16.1 Å². The lowest BCUT2D eigenvalue weighted by Crippen LogP contribution is -1.98. The molecule has 6 nitrogen and oxygen atoms in total. The lowest BCUT2D eigenvalue weighted by Gasteiger charge is -1.99. The molecule has 0 unspecified atom stereocenters. The number of aryl methyl sites for hydroxylation is 1. The first-order valence-electron chi connectivity index (χ1n) is 6.54. The number of imidazole rings is 1. The highest BCUT2D eigenvalue weighted by molar-refractivity contribution is 6.35. The number of azo groups is 1. The van der Waals surface area contributed by atoms with Gasteiger partial charge in [0.2, 0.25) is 0 Å². The number of halogens is 2. The summed E-state index contributed by atoms with van der Waals surface area (Å²) >= 11 is 11.8. The Kier molecular flexibility index (Phi) is 4.02. The first-order chi connectivity index (χ1) is 10.9. The van der Waals surface area contributed by atoms with Gasteiger partial charge in [-0.1, -0.05) is 23.2 Å². The Bertz CT molecular complexity index is 930. The molecule has 0 fully saturated rings. The molecule has 0 atom stereocenters. The first-order valence-corrected chi connectivity index (χ1v) is 7.29. The summed E-state index contributed by atoms with van der Waals surface area (Å²) in [6.07, 6.45) is 1.46. The minimum absolute atomic E-state index is 0.136. The maximum Gasteiger partial charge on any atom is 0.337 e. The van der Waals surface area contributed by atoms with E-state index in [9.17, 15) is 4.79 Å². The van der Waals surface area contributed by atoms with E-state index in [1.54, 1.807) is 35.6 Å². The van der Waals surface area contributed by atoms with Gasteiger partial charge in [-0.15, -0.1) is 10.2 Å². The molecule has 0 saturated carbocycles. The predicted molar refractivity (Wildman–Crippen MR) is 87.5 cm³/mol. The molecule has 0 radical (unpaired) electrons. The summed E-state index contributed by atoms with van der Waals surface area (Å²) in [5.41, 5.74) is 1.85. The van der Waals surface area contributed by atoms with Crippen molar-refractivity contribution in [3.05, 3.63) is 57.8 Å². The van der Waals surface area contributed by atoms with Crippen LogP contribution in [0.25, 0.3) is 5.65 Å². The second-order valence-electron chi connectivity index (χ2n) is 4.80. The topological polar surface area (TPSA) is 79.3 Å². The van der Waals surface area contributed by atoms with Crippen LogP contribution in [-0.4, -0.2) is 20.5 Å². The molecule has 0 amide bonds. The number of nitrogens with zero attached hydrogens (tertiary/aromatic N) is 4. The first kappa shape index (κ1) is 15.5. The van der Waals surface area contributed by atoms with E-state index in [2.05, 4.69) is 15.2 Å². The molecule has 23 heavy (non-hydrogen) atoms. The molecule has 0 bridgehead atoms. The summed E-state index contributed by atoms with van der Waals surface area (Å²) in [6.45, 7) is 1.77. The van der Waals surface area contributed by atoms with Crippen molar-refractivity contribution >= 4 is 46.3 Å². The van der Waals surface area contributed by atoms with Crippen LogP contribution in [0.5, 0.6) is 0 Å². The van der Waals surface area contributed by atoms with E-state index in [0.29, 0.717) is 32.9 Å². The number of rotatable bonds is 3. The minimum atomic E-state index is -1.03. The maximum absolute atomic E-state index is 11.1. The van der Waals surface area contributed by atoms with Gasteiger partial charge in [-0.25, -0.2) is 9.78 Å². The highest BCUT2D eigenvalue weighted by Gasteiger charge is 2.11. The van der Waals surface area contributed by atoms with Crippen LogP contribution in [0, 0.1) is 6.92 Å². The number of aromatic carboxylic acids is 1. The molecule has 3 aromatic rings. The average molecular weight is 349 g/mol. The predicted octanol–water partition coefficient (Wildman–Crippen LogP) is 5.06. The summed E-state index contributed by atoms with van der Waals surface area (Å²) in [7, 11) is 0. The van der Waals surface area contributed by atoms with Crippen LogP contribution >= 0.6 is 23.2 Å². The smallest absolute Gasteiger partial charge is 0.337 e. The number of hydrogen-bond acceptors (Lipinski definition) is 4. The van der Waals surface area contributed by atoms with Crippen molar-refractivity contribution in [2.45, 2.75) is 6.92 Å². The number of pyridine rings is 1. The van der Waals surface area contributed by atoms with Gasteiger partial charge in [0.05, 0.1) is 16.9 Å². The molecule has 116 valence electrons. The highest BCUT2D eigenvalue weighted by Crippen LogP contribution is 2.28. The lowest BCUT2D eigenvalue weighted by molar-refractivity contribution is 0.0696. The summed E-state index contributed by atoms with van der Waals surface area (Å²) in [4.78, 5) is 15.4. The second-order valence-corrected chi connectivity index (χ2v) is 5.67. The molecule has 2 aromatic heterocycles. The normalized spacial score (nSPS) is 11.4. The number of carboxylic acid groups (broad SMARTS) is 1. The van der Waals surface area contributed by atoms with Crippen molar-refractivity contribution in [3.8, 4) is 0 Å². The summed E-state index contributed by atoms with van der Waals surface area (Å²) in [6, 6.07) is 7.95. The van der Waals surface area contributed by atoms with Gasteiger partial charge in [-0.3, -0.25) is 4.40 Å². The van der Waals surface area contributed by atoms with E-state index in [1.807, 2.05) is 0 Å². The molecular formula is C15H10Cl2N4O2. The number of hydrogen-bond donors (Lipinski definition) is 1. The molecule has 0 saturated heterocycles. The fourth-order valence-electron chi connectivity index (χ4n) is 2.10. The van der Waals surface area contributed by atoms with Gasteiger partial charge < -0.3 is 5.11 Å². The van der Waals surface area contributed by atoms with Gasteiger partial charge in [0.25, 0.3) is 0 Å². The summed E-state index contributed by atoms with van der Waals surface area (Å²) in [5.74, 6) is -0.582. The van der Waals surface area contributed by atoms with E-state index < -0.39 is 5.97 Å². The van der Waals surface area contributed by atoms with E-state index >= 15 is 0 Å². The maximum atomic E-state index is 11.1. The van der Waals surface area contributed by atoms with Crippen LogP contribution in [0.2, 0.25) is 10.0 Å². The van der Waals surface area contributed by atoms with Crippen LogP contribution < -0.4 is 0 Å². The Labute approximate surface area is 141 Å². The van der Waals surface area contributed by atoms with E-state index in [0.717, 1.165) is 0 Å². The van der Waals surface area contributed by atoms with Crippen LogP contribution in [0.3, 0.4) is 0 Å². The zero-order chi connectivity index (χ0) is 16.6. The fraction of sp³-hybridized carbons (Fsp3) is 0.0667. The average Bonchev–Trinajstić information content (AvgIpc) is 2.78. The third-order valence-electron chi connectivity index (χ3n) is 3.12. The van der Waals surface area contributed by atoms with Gasteiger partial charge >= 0.3 is 5.97 Å². The molecular weight excluding hydrogens is 339 g/mol. The third kappa shape index (κ3) is 3.18. The van der Waals surface area contributed by atoms with Crippen molar-refractivity contribution in [1.82, 2.24) is 9.38 Å².